The van der Waals surface area contributed by atoms with Gasteiger partial charge in [-0.3, -0.25) is 15.0 Å². The van der Waals surface area contributed by atoms with Crippen molar-refractivity contribution in [3.8, 4) is 11.3 Å². The number of carbonyl (C=O) groups excluding carboxylic acids is 1. The van der Waals surface area contributed by atoms with Gasteiger partial charge >= 0.3 is 0 Å². The molecule has 2 aromatic heterocycles. The van der Waals surface area contributed by atoms with Crippen molar-refractivity contribution in [2.45, 2.75) is 24.6 Å². The molecule has 3 heterocycles. The number of nitrogens with one attached hydrogen (secondary N) is 1. The van der Waals surface area contributed by atoms with E-state index in [9.17, 15) is 9.18 Å². The molecule has 6 nitrogen and oxygen atoms in total. The zero-order chi connectivity index (χ0) is 20.0. The highest BCUT2D eigenvalue weighted by Crippen LogP contribution is 2.30. The standard InChI is InChI=1S/C21H22FN5OS/c1-29-16-11-26(12-16)10-15-8-7-14(9-17(15)22)18-3-2-4-19-23-21(25-27(18)19)24-20(28)13-5-6-13/h2-4,7-9,13,16H,5-6,10-12H2,1H3,(H,24,25,28). The van der Waals surface area contributed by atoms with Crippen LogP contribution >= 0.6 is 11.8 Å². The maximum Gasteiger partial charge on any atom is 0.249 e. The molecule has 8 heteroatoms. The van der Waals surface area contributed by atoms with Crippen LogP contribution in [0, 0.1) is 11.7 Å². The second-order valence-corrected chi connectivity index (χ2v) is 8.88. The van der Waals surface area contributed by atoms with Gasteiger partial charge in [-0.1, -0.05) is 18.2 Å². The molecule has 0 radical (unpaired) electrons. The normalized spacial score (nSPS) is 17.4. The smallest absolute Gasteiger partial charge is 0.249 e. The van der Waals surface area contributed by atoms with Crippen LogP contribution in [0.5, 0.6) is 0 Å². The van der Waals surface area contributed by atoms with E-state index in [2.05, 4.69) is 26.6 Å². The van der Waals surface area contributed by atoms with Crippen molar-refractivity contribution in [2.24, 2.45) is 5.92 Å². The highest BCUT2D eigenvalue weighted by Gasteiger charge is 2.30. The fraction of sp³-hybridized carbons (Fsp3) is 0.381. The van der Waals surface area contributed by atoms with E-state index >= 15 is 0 Å². The predicted molar refractivity (Wildman–Crippen MR) is 112 cm³/mol. The van der Waals surface area contributed by atoms with Gasteiger partial charge in [0.1, 0.15) is 5.82 Å². The Bertz CT molecular complexity index is 1070. The summed E-state index contributed by atoms with van der Waals surface area (Å²) in [5, 5.41) is 7.86. The molecule has 1 saturated heterocycles. The lowest BCUT2D eigenvalue weighted by molar-refractivity contribution is -0.117. The van der Waals surface area contributed by atoms with Gasteiger partial charge in [-0.15, -0.1) is 5.10 Å². The first-order valence-corrected chi connectivity index (χ1v) is 11.1. The molecule has 0 bridgehead atoms. The van der Waals surface area contributed by atoms with Gasteiger partial charge in [-0.2, -0.15) is 16.7 Å². The highest BCUT2D eigenvalue weighted by molar-refractivity contribution is 7.99. The number of benzene rings is 1. The van der Waals surface area contributed by atoms with Crippen molar-refractivity contribution in [2.75, 3.05) is 24.7 Å². The Kier molecular flexibility index (Phi) is 4.75. The summed E-state index contributed by atoms with van der Waals surface area (Å²) in [5.41, 5.74) is 2.78. The molecule has 0 spiro atoms. The first-order valence-electron chi connectivity index (χ1n) is 9.81. The number of nitrogens with zero attached hydrogens (tertiary/aromatic N) is 4. The number of aromatic nitrogens is 3. The van der Waals surface area contributed by atoms with E-state index in [4.69, 9.17) is 0 Å². The second kappa shape index (κ2) is 7.42. The van der Waals surface area contributed by atoms with Gasteiger partial charge in [0.2, 0.25) is 11.9 Å². The molecule has 1 aliphatic carbocycles. The van der Waals surface area contributed by atoms with Gasteiger partial charge in [0.15, 0.2) is 5.65 Å². The largest absolute Gasteiger partial charge is 0.297 e. The highest BCUT2D eigenvalue weighted by atomic mass is 32.2. The summed E-state index contributed by atoms with van der Waals surface area (Å²) in [6, 6.07) is 10.9. The number of fused-ring (bicyclic) bond motifs is 1. The van der Waals surface area contributed by atoms with Crippen LogP contribution in [-0.2, 0) is 11.3 Å². The summed E-state index contributed by atoms with van der Waals surface area (Å²) < 4.78 is 16.4. The molecule has 0 unspecified atom stereocenters. The van der Waals surface area contributed by atoms with Crippen LogP contribution in [0.1, 0.15) is 18.4 Å². The van der Waals surface area contributed by atoms with Crippen molar-refractivity contribution in [1.82, 2.24) is 19.5 Å². The zero-order valence-corrected chi connectivity index (χ0v) is 17.0. The monoisotopic (exact) mass is 411 g/mol. The Hall–Kier alpha value is -2.45. The van der Waals surface area contributed by atoms with Crippen molar-refractivity contribution in [3.05, 3.63) is 47.8 Å². The molecular formula is C21H22FN5OS. The summed E-state index contributed by atoms with van der Waals surface area (Å²) in [6.07, 6.45) is 3.96. The number of anilines is 1. The number of hydrogen-bond donors (Lipinski definition) is 1. The molecule has 1 aromatic carbocycles. The van der Waals surface area contributed by atoms with Crippen LogP contribution in [0.2, 0.25) is 0 Å². The van der Waals surface area contributed by atoms with Crippen LogP contribution in [0.15, 0.2) is 36.4 Å². The third-order valence-electron chi connectivity index (χ3n) is 5.54. The van der Waals surface area contributed by atoms with Crippen molar-refractivity contribution < 1.29 is 9.18 Å². The molecule has 29 heavy (non-hydrogen) atoms. The minimum atomic E-state index is -0.213. The average molecular weight is 412 g/mol. The zero-order valence-electron chi connectivity index (χ0n) is 16.1. The van der Waals surface area contributed by atoms with E-state index < -0.39 is 0 Å². The Morgan fingerprint density at radius 1 is 1.28 bits per heavy atom. The number of hydrogen-bond acceptors (Lipinski definition) is 5. The molecule has 1 N–H and O–H groups in total. The lowest BCUT2D eigenvalue weighted by Crippen LogP contribution is -2.48. The Morgan fingerprint density at radius 2 is 2.10 bits per heavy atom. The fourth-order valence-electron chi connectivity index (χ4n) is 3.61. The quantitative estimate of drug-likeness (QED) is 0.673. The first kappa shape index (κ1) is 18.6. The summed E-state index contributed by atoms with van der Waals surface area (Å²) in [6.45, 7) is 2.65. The maximum absolute atomic E-state index is 14.8. The van der Waals surface area contributed by atoms with Crippen molar-refractivity contribution in [1.29, 1.82) is 0 Å². The van der Waals surface area contributed by atoms with Gasteiger partial charge in [-0.05, 0) is 37.3 Å². The molecule has 1 aliphatic heterocycles. The molecule has 150 valence electrons. The van der Waals surface area contributed by atoms with Gasteiger partial charge < -0.3 is 0 Å². The number of amides is 1. The summed E-state index contributed by atoms with van der Waals surface area (Å²) >= 11 is 1.86. The lowest BCUT2D eigenvalue weighted by atomic mass is 10.1. The molecule has 3 aromatic rings. The van der Waals surface area contributed by atoms with Gasteiger partial charge in [0.05, 0.1) is 5.69 Å². The summed E-state index contributed by atoms with van der Waals surface area (Å²) in [7, 11) is 0. The van der Waals surface area contributed by atoms with Crippen LogP contribution in [-0.4, -0.2) is 50.0 Å². The van der Waals surface area contributed by atoms with Crippen LogP contribution in [0.4, 0.5) is 10.3 Å². The predicted octanol–water partition coefficient (Wildman–Crippen LogP) is 3.43. The Morgan fingerprint density at radius 3 is 2.83 bits per heavy atom. The number of rotatable bonds is 6. The van der Waals surface area contributed by atoms with Crippen molar-refractivity contribution >= 4 is 29.3 Å². The van der Waals surface area contributed by atoms with E-state index in [1.165, 1.54) is 0 Å². The minimum absolute atomic E-state index is 0.0347. The number of thioether (sulfide) groups is 1. The van der Waals surface area contributed by atoms with E-state index in [-0.39, 0.29) is 23.6 Å². The Balaban J connectivity index is 1.39. The van der Waals surface area contributed by atoms with Crippen molar-refractivity contribution in [3.63, 3.8) is 0 Å². The van der Waals surface area contributed by atoms with E-state index in [0.717, 1.165) is 37.2 Å². The first-order chi connectivity index (χ1) is 14.1. The van der Waals surface area contributed by atoms with Crippen LogP contribution in [0.25, 0.3) is 16.9 Å². The molecule has 2 fully saturated rings. The maximum atomic E-state index is 14.8. The number of likely N-dealkylation sites (tertiary alicyclic amines) is 1. The third kappa shape index (κ3) is 3.74. The summed E-state index contributed by atoms with van der Waals surface area (Å²) in [5.74, 6) is 0.120. The molecule has 5 rings (SSSR count). The van der Waals surface area contributed by atoms with E-state index in [0.29, 0.717) is 23.0 Å². The van der Waals surface area contributed by atoms with Gasteiger partial charge in [-0.25, -0.2) is 8.91 Å². The molecule has 0 atom stereocenters. The SMILES string of the molecule is CSC1CN(Cc2ccc(-c3cccc4nc(NC(=O)C5CC5)nn34)cc2F)C1. The molecule has 1 saturated carbocycles. The Labute approximate surface area is 172 Å². The van der Waals surface area contributed by atoms with Gasteiger partial charge in [0, 0.05) is 41.9 Å². The fourth-order valence-corrected chi connectivity index (χ4v) is 4.33. The van der Waals surface area contributed by atoms with Crippen LogP contribution < -0.4 is 5.32 Å². The molecular weight excluding hydrogens is 389 g/mol. The molecule has 1 amide bonds. The van der Waals surface area contributed by atoms with E-state index in [1.807, 2.05) is 42.1 Å². The van der Waals surface area contributed by atoms with Gasteiger partial charge in [0.25, 0.3) is 0 Å². The third-order valence-corrected chi connectivity index (χ3v) is 6.51. The summed E-state index contributed by atoms with van der Waals surface area (Å²) in [4.78, 5) is 18.6. The second-order valence-electron chi connectivity index (χ2n) is 7.74. The van der Waals surface area contributed by atoms with Crippen LogP contribution in [0.3, 0.4) is 0 Å². The lowest BCUT2D eigenvalue weighted by Gasteiger charge is -2.38. The number of carbonyl (C=O) groups is 1. The topological polar surface area (TPSA) is 62.5 Å². The number of halogens is 1. The molecule has 2 aliphatic rings. The van der Waals surface area contributed by atoms with E-state index in [1.54, 1.807) is 10.6 Å². The number of pyridine rings is 1. The minimum Gasteiger partial charge on any atom is -0.297 e. The average Bonchev–Trinajstić information content (AvgIpc) is 3.45.